The molecular formula is C16H21NOS. The molecule has 0 bridgehead atoms. The van der Waals surface area contributed by atoms with Crippen LogP contribution in [-0.2, 0) is 13.0 Å². The maximum atomic E-state index is 5.91. The molecule has 0 unspecified atom stereocenters. The summed E-state index contributed by atoms with van der Waals surface area (Å²) in [6, 6.07) is 10.9. The molecule has 2 rings (SSSR count). The van der Waals surface area contributed by atoms with Crippen molar-refractivity contribution in [2.45, 2.75) is 32.9 Å². The number of para-hydroxylation sites is 1. The molecule has 0 aliphatic rings. The molecule has 0 aliphatic heterocycles. The Hall–Kier alpha value is -1.32. The average molecular weight is 275 g/mol. The lowest BCUT2D eigenvalue weighted by atomic mass is 10.2. The topological polar surface area (TPSA) is 21.3 Å². The summed E-state index contributed by atoms with van der Waals surface area (Å²) in [5, 5.41) is 7.71. The normalized spacial score (nSPS) is 10.9. The van der Waals surface area contributed by atoms with Crippen molar-refractivity contribution in [1.29, 1.82) is 0 Å². The highest BCUT2D eigenvalue weighted by molar-refractivity contribution is 7.07. The number of thiophene rings is 1. The van der Waals surface area contributed by atoms with E-state index in [1.807, 2.05) is 12.1 Å². The second kappa shape index (κ2) is 7.31. The maximum Gasteiger partial charge on any atom is 0.123 e. The van der Waals surface area contributed by atoms with Crippen LogP contribution in [0.1, 0.15) is 25.0 Å². The summed E-state index contributed by atoms with van der Waals surface area (Å²) in [4.78, 5) is 0. The first-order chi connectivity index (χ1) is 9.25. The third kappa shape index (κ3) is 4.69. The van der Waals surface area contributed by atoms with Crippen LogP contribution >= 0.6 is 11.3 Å². The van der Waals surface area contributed by atoms with E-state index >= 15 is 0 Å². The highest BCUT2D eigenvalue weighted by atomic mass is 32.1. The number of rotatable bonds is 7. The Morgan fingerprint density at radius 2 is 2.05 bits per heavy atom. The van der Waals surface area contributed by atoms with E-state index in [2.05, 4.69) is 48.1 Å². The monoisotopic (exact) mass is 275 g/mol. The predicted octanol–water partition coefficient (Wildman–Crippen LogP) is 3.87. The Bertz CT molecular complexity index is 479. The molecule has 0 amide bonds. The third-order valence-corrected chi connectivity index (χ3v) is 3.63. The van der Waals surface area contributed by atoms with E-state index < -0.39 is 0 Å². The van der Waals surface area contributed by atoms with Gasteiger partial charge in [0.25, 0.3) is 0 Å². The van der Waals surface area contributed by atoms with Crippen molar-refractivity contribution in [2.75, 3.05) is 6.61 Å². The fraction of sp³-hybridized carbons (Fsp3) is 0.375. The van der Waals surface area contributed by atoms with Gasteiger partial charge in [0.05, 0.1) is 6.61 Å². The molecular weight excluding hydrogens is 254 g/mol. The van der Waals surface area contributed by atoms with E-state index in [0.29, 0.717) is 6.04 Å². The molecule has 0 radical (unpaired) electrons. The van der Waals surface area contributed by atoms with Crippen molar-refractivity contribution in [3.63, 3.8) is 0 Å². The zero-order valence-electron chi connectivity index (χ0n) is 11.6. The summed E-state index contributed by atoms with van der Waals surface area (Å²) in [6.07, 6.45) is 0.968. The lowest BCUT2D eigenvalue weighted by molar-refractivity contribution is 0.317. The number of ether oxygens (including phenoxy) is 1. The van der Waals surface area contributed by atoms with Crippen molar-refractivity contribution in [2.24, 2.45) is 0 Å². The summed E-state index contributed by atoms with van der Waals surface area (Å²) in [6.45, 7) is 5.89. The van der Waals surface area contributed by atoms with Gasteiger partial charge in [0.15, 0.2) is 0 Å². The summed E-state index contributed by atoms with van der Waals surface area (Å²) in [7, 11) is 0. The van der Waals surface area contributed by atoms with Crippen LogP contribution < -0.4 is 10.1 Å². The molecule has 0 spiro atoms. The number of hydrogen-bond acceptors (Lipinski definition) is 3. The van der Waals surface area contributed by atoms with E-state index in [-0.39, 0.29) is 0 Å². The van der Waals surface area contributed by atoms with E-state index in [4.69, 9.17) is 4.74 Å². The van der Waals surface area contributed by atoms with Crippen LogP contribution in [-0.4, -0.2) is 12.6 Å². The minimum atomic E-state index is 0.485. The van der Waals surface area contributed by atoms with Crippen molar-refractivity contribution in [1.82, 2.24) is 5.32 Å². The van der Waals surface area contributed by atoms with Gasteiger partial charge in [-0.15, -0.1) is 0 Å². The first-order valence-electron chi connectivity index (χ1n) is 6.71. The van der Waals surface area contributed by atoms with Crippen LogP contribution in [0.3, 0.4) is 0 Å². The van der Waals surface area contributed by atoms with Crippen molar-refractivity contribution in [3.05, 3.63) is 52.2 Å². The van der Waals surface area contributed by atoms with Gasteiger partial charge < -0.3 is 10.1 Å². The van der Waals surface area contributed by atoms with Crippen LogP contribution in [0.5, 0.6) is 5.75 Å². The second-order valence-electron chi connectivity index (χ2n) is 4.87. The predicted molar refractivity (Wildman–Crippen MR) is 81.9 cm³/mol. The quantitative estimate of drug-likeness (QED) is 0.828. The summed E-state index contributed by atoms with van der Waals surface area (Å²) >= 11 is 1.73. The third-order valence-electron chi connectivity index (χ3n) is 2.90. The van der Waals surface area contributed by atoms with E-state index in [0.717, 1.165) is 25.3 Å². The molecule has 19 heavy (non-hydrogen) atoms. The highest BCUT2D eigenvalue weighted by Crippen LogP contribution is 2.18. The van der Waals surface area contributed by atoms with Crippen LogP contribution in [0, 0.1) is 0 Å². The minimum absolute atomic E-state index is 0.485. The Morgan fingerprint density at radius 1 is 1.21 bits per heavy atom. The van der Waals surface area contributed by atoms with Gasteiger partial charge in [-0.3, -0.25) is 0 Å². The van der Waals surface area contributed by atoms with Gasteiger partial charge in [-0.1, -0.05) is 32.0 Å². The molecule has 2 nitrogen and oxygen atoms in total. The largest absolute Gasteiger partial charge is 0.493 e. The van der Waals surface area contributed by atoms with E-state index in [1.165, 1.54) is 11.1 Å². The van der Waals surface area contributed by atoms with Crippen molar-refractivity contribution < 1.29 is 4.74 Å². The molecule has 102 valence electrons. The SMILES string of the molecule is CC(C)NCc1ccccc1OCCc1ccsc1. The lowest BCUT2D eigenvalue weighted by Gasteiger charge is -2.13. The molecule has 0 atom stereocenters. The summed E-state index contributed by atoms with van der Waals surface area (Å²) in [5.41, 5.74) is 2.57. The molecule has 2 aromatic rings. The smallest absolute Gasteiger partial charge is 0.123 e. The standard InChI is InChI=1S/C16H21NOS/c1-13(2)17-11-15-5-3-4-6-16(15)18-9-7-14-8-10-19-12-14/h3-6,8,10,12-13,17H,7,9,11H2,1-2H3. The average Bonchev–Trinajstić information content (AvgIpc) is 2.91. The van der Waals surface area contributed by atoms with Gasteiger partial charge in [0.1, 0.15) is 5.75 Å². The van der Waals surface area contributed by atoms with E-state index in [9.17, 15) is 0 Å². The number of hydrogen-bond donors (Lipinski definition) is 1. The summed E-state index contributed by atoms with van der Waals surface area (Å²) < 4.78 is 5.91. The fourth-order valence-electron chi connectivity index (χ4n) is 1.82. The number of benzene rings is 1. The molecule has 3 heteroatoms. The minimum Gasteiger partial charge on any atom is -0.493 e. The molecule has 1 aromatic carbocycles. The molecule has 1 heterocycles. The number of nitrogens with one attached hydrogen (secondary N) is 1. The van der Waals surface area contributed by atoms with Crippen LogP contribution in [0.15, 0.2) is 41.1 Å². The highest BCUT2D eigenvalue weighted by Gasteiger charge is 2.03. The lowest BCUT2D eigenvalue weighted by Crippen LogP contribution is -2.22. The molecule has 0 aliphatic carbocycles. The van der Waals surface area contributed by atoms with Gasteiger partial charge in [-0.2, -0.15) is 11.3 Å². The zero-order valence-corrected chi connectivity index (χ0v) is 12.4. The zero-order chi connectivity index (χ0) is 13.5. The maximum absolute atomic E-state index is 5.91. The van der Waals surface area contributed by atoms with Crippen molar-refractivity contribution in [3.8, 4) is 5.75 Å². The molecule has 1 N–H and O–H groups in total. The van der Waals surface area contributed by atoms with Gasteiger partial charge in [-0.05, 0) is 28.5 Å². The van der Waals surface area contributed by atoms with Gasteiger partial charge >= 0.3 is 0 Å². The first kappa shape index (κ1) is 14.1. The molecule has 0 saturated heterocycles. The van der Waals surface area contributed by atoms with Gasteiger partial charge in [0, 0.05) is 24.6 Å². The van der Waals surface area contributed by atoms with Gasteiger partial charge in [0.2, 0.25) is 0 Å². The summed E-state index contributed by atoms with van der Waals surface area (Å²) in [5.74, 6) is 0.992. The van der Waals surface area contributed by atoms with Crippen LogP contribution in [0.2, 0.25) is 0 Å². The fourth-order valence-corrected chi connectivity index (χ4v) is 2.52. The molecule has 1 aromatic heterocycles. The van der Waals surface area contributed by atoms with E-state index in [1.54, 1.807) is 11.3 Å². The second-order valence-corrected chi connectivity index (χ2v) is 5.65. The van der Waals surface area contributed by atoms with Crippen LogP contribution in [0.4, 0.5) is 0 Å². The Kier molecular flexibility index (Phi) is 5.43. The molecule has 0 saturated carbocycles. The first-order valence-corrected chi connectivity index (χ1v) is 7.65. The Labute approximate surface area is 119 Å². The van der Waals surface area contributed by atoms with Crippen molar-refractivity contribution >= 4 is 11.3 Å². The Balaban J connectivity index is 1.88. The molecule has 0 fully saturated rings. The Morgan fingerprint density at radius 3 is 2.79 bits per heavy atom. The van der Waals surface area contributed by atoms with Crippen LogP contribution in [0.25, 0.3) is 0 Å². The van der Waals surface area contributed by atoms with Gasteiger partial charge in [-0.25, -0.2) is 0 Å².